The number of carboxylic acid groups (broad SMARTS) is 1. The average molecular weight is 249 g/mol. The number of carbonyl (C=O) groups is 3. The lowest BCUT2D eigenvalue weighted by Crippen LogP contribution is -2.31. The minimum Gasteiger partial charge on any atom is -0.496 e. The molecule has 0 atom stereocenters. The van der Waals surface area contributed by atoms with Gasteiger partial charge in [0.25, 0.3) is 11.8 Å². The Morgan fingerprint density at radius 2 is 2.06 bits per heavy atom. The molecule has 0 fully saturated rings. The quantitative estimate of drug-likeness (QED) is 0.796. The topological polar surface area (TPSA) is 83.9 Å². The lowest BCUT2D eigenvalue weighted by molar-refractivity contribution is -0.137. The SMILES string of the molecule is COc1cccc2c1C(=O)N(CCC(=O)O)C2=O. The Hall–Kier alpha value is -2.37. The van der Waals surface area contributed by atoms with Crippen molar-refractivity contribution in [1.82, 2.24) is 4.90 Å². The lowest BCUT2D eigenvalue weighted by Gasteiger charge is -2.11. The van der Waals surface area contributed by atoms with E-state index < -0.39 is 17.8 Å². The van der Waals surface area contributed by atoms with Crippen LogP contribution < -0.4 is 4.74 Å². The summed E-state index contributed by atoms with van der Waals surface area (Å²) in [6, 6.07) is 4.73. The fourth-order valence-electron chi connectivity index (χ4n) is 1.88. The largest absolute Gasteiger partial charge is 0.496 e. The van der Waals surface area contributed by atoms with Gasteiger partial charge in [-0.2, -0.15) is 0 Å². The molecule has 6 heteroatoms. The Kier molecular flexibility index (Phi) is 3.01. The van der Waals surface area contributed by atoms with E-state index in [9.17, 15) is 14.4 Å². The minimum atomic E-state index is -1.06. The van der Waals surface area contributed by atoms with E-state index in [1.807, 2.05) is 0 Å². The van der Waals surface area contributed by atoms with Crippen LogP contribution in [0.25, 0.3) is 0 Å². The number of hydrogen-bond donors (Lipinski definition) is 1. The number of imide groups is 1. The summed E-state index contributed by atoms with van der Waals surface area (Å²) < 4.78 is 5.03. The predicted octanol–water partition coefficient (Wildman–Crippen LogP) is 0.766. The first kappa shape index (κ1) is 12.1. The molecule has 0 saturated carbocycles. The first-order valence-corrected chi connectivity index (χ1v) is 5.31. The van der Waals surface area contributed by atoms with E-state index in [0.29, 0.717) is 5.75 Å². The molecule has 0 aromatic heterocycles. The molecule has 18 heavy (non-hydrogen) atoms. The van der Waals surface area contributed by atoms with Crippen LogP contribution in [0.4, 0.5) is 0 Å². The van der Waals surface area contributed by atoms with Crippen molar-refractivity contribution < 1.29 is 24.2 Å². The summed E-state index contributed by atoms with van der Waals surface area (Å²) in [7, 11) is 1.41. The Labute approximate surface area is 103 Å². The molecule has 94 valence electrons. The summed E-state index contributed by atoms with van der Waals surface area (Å²) in [4.78, 5) is 35.4. The summed E-state index contributed by atoms with van der Waals surface area (Å²) >= 11 is 0. The Balaban J connectivity index is 2.35. The molecule has 1 aromatic carbocycles. The minimum absolute atomic E-state index is 0.134. The molecule has 2 amide bonds. The van der Waals surface area contributed by atoms with Gasteiger partial charge in [0.05, 0.1) is 24.7 Å². The van der Waals surface area contributed by atoms with Crippen molar-refractivity contribution in [1.29, 1.82) is 0 Å². The van der Waals surface area contributed by atoms with Crippen LogP contribution in [0.3, 0.4) is 0 Å². The average Bonchev–Trinajstić information content (AvgIpc) is 2.60. The van der Waals surface area contributed by atoms with Gasteiger partial charge < -0.3 is 9.84 Å². The maximum atomic E-state index is 12.0. The van der Waals surface area contributed by atoms with Crippen molar-refractivity contribution in [3.05, 3.63) is 29.3 Å². The van der Waals surface area contributed by atoms with E-state index in [4.69, 9.17) is 9.84 Å². The van der Waals surface area contributed by atoms with Gasteiger partial charge in [-0.05, 0) is 12.1 Å². The number of carbonyl (C=O) groups excluding carboxylic acids is 2. The number of fused-ring (bicyclic) bond motifs is 1. The van der Waals surface area contributed by atoms with Crippen LogP contribution in [-0.4, -0.2) is 41.4 Å². The van der Waals surface area contributed by atoms with Crippen molar-refractivity contribution in [3.63, 3.8) is 0 Å². The molecule has 1 heterocycles. The second kappa shape index (κ2) is 4.48. The molecule has 0 unspecified atom stereocenters. The number of methoxy groups -OCH3 is 1. The Bertz CT molecular complexity index is 537. The summed E-state index contributed by atoms with van der Waals surface area (Å²) in [5, 5.41) is 8.59. The summed E-state index contributed by atoms with van der Waals surface area (Å²) in [6.45, 7) is -0.134. The molecule has 0 bridgehead atoms. The van der Waals surface area contributed by atoms with Gasteiger partial charge in [-0.3, -0.25) is 19.3 Å². The third-order valence-electron chi connectivity index (χ3n) is 2.73. The standard InChI is InChI=1S/C12H11NO5/c1-18-8-4-2-3-7-10(8)12(17)13(11(7)16)6-5-9(14)15/h2-4H,5-6H2,1H3,(H,14,15). The number of amides is 2. The molecular weight excluding hydrogens is 238 g/mol. The fraction of sp³-hybridized carbons (Fsp3) is 0.250. The van der Waals surface area contributed by atoms with Gasteiger partial charge in [0.2, 0.25) is 0 Å². The van der Waals surface area contributed by atoms with Crippen LogP contribution in [0.1, 0.15) is 27.1 Å². The number of carboxylic acids is 1. The van der Waals surface area contributed by atoms with Gasteiger partial charge in [0, 0.05) is 6.54 Å². The van der Waals surface area contributed by atoms with E-state index >= 15 is 0 Å². The number of hydrogen-bond acceptors (Lipinski definition) is 4. The van der Waals surface area contributed by atoms with Crippen molar-refractivity contribution in [2.45, 2.75) is 6.42 Å². The van der Waals surface area contributed by atoms with Crippen LogP contribution in [0.15, 0.2) is 18.2 Å². The molecule has 6 nitrogen and oxygen atoms in total. The predicted molar refractivity (Wildman–Crippen MR) is 60.6 cm³/mol. The number of rotatable bonds is 4. The third-order valence-corrected chi connectivity index (χ3v) is 2.73. The molecule has 0 saturated heterocycles. The molecule has 0 aliphatic carbocycles. The molecule has 0 radical (unpaired) electrons. The molecular formula is C12H11NO5. The van der Waals surface area contributed by atoms with Gasteiger partial charge in [-0.1, -0.05) is 6.07 Å². The second-order valence-electron chi connectivity index (χ2n) is 3.79. The Morgan fingerprint density at radius 1 is 1.33 bits per heavy atom. The number of aliphatic carboxylic acids is 1. The van der Waals surface area contributed by atoms with Crippen LogP contribution >= 0.6 is 0 Å². The van der Waals surface area contributed by atoms with E-state index in [2.05, 4.69) is 0 Å². The molecule has 1 N–H and O–H groups in total. The highest BCUT2D eigenvalue weighted by atomic mass is 16.5. The zero-order valence-corrected chi connectivity index (χ0v) is 9.67. The maximum Gasteiger partial charge on any atom is 0.305 e. The van der Waals surface area contributed by atoms with Gasteiger partial charge in [0.15, 0.2) is 0 Å². The maximum absolute atomic E-state index is 12.0. The molecule has 1 aliphatic heterocycles. The van der Waals surface area contributed by atoms with Crippen molar-refractivity contribution in [3.8, 4) is 5.75 Å². The normalized spacial score (nSPS) is 13.7. The van der Waals surface area contributed by atoms with Crippen LogP contribution in [0.5, 0.6) is 5.75 Å². The van der Waals surface area contributed by atoms with Crippen molar-refractivity contribution in [2.24, 2.45) is 0 Å². The summed E-state index contributed by atoms with van der Waals surface area (Å²) in [6.07, 6.45) is -0.270. The molecule has 1 aromatic rings. The zero-order valence-electron chi connectivity index (χ0n) is 9.67. The first-order chi connectivity index (χ1) is 8.56. The second-order valence-corrected chi connectivity index (χ2v) is 3.79. The van der Waals surface area contributed by atoms with E-state index in [1.54, 1.807) is 12.1 Å². The lowest BCUT2D eigenvalue weighted by atomic mass is 10.1. The van der Waals surface area contributed by atoms with Crippen LogP contribution in [0.2, 0.25) is 0 Å². The van der Waals surface area contributed by atoms with E-state index in [1.165, 1.54) is 13.2 Å². The number of nitrogens with zero attached hydrogens (tertiary/aromatic N) is 1. The zero-order chi connectivity index (χ0) is 13.3. The fourth-order valence-corrected chi connectivity index (χ4v) is 1.88. The third kappa shape index (κ3) is 1.81. The van der Waals surface area contributed by atoms with Gasteiger partial charge in [-0.25, -0.2) is 0 Å². The van der Waals surface area contributed by atoms with Crippen molar-refractivity contribution in [2.75, 3.05) is 13.7 Å². The van der Waals surface area contributed by atoms with Crippen molar-refractivity contribution >= 4 is 17.8 Å². The number of ether oxygens (including phenoxy) is 1. The summed E-state index contributed by atoms with van der Waals surface area (Å²) in [5.74, 6) is -1.72. The van der Waals surface area contributed by atoms with Gasteiger partial charge in [-0.15, -0.1) is 0 Å². The molecule has 1 aliphatic rings. The summed E-state index contributed by atoms with van der Waals surface area (Å²) in [5.41, 5.74) is 0.458. The van der Waals surface area contributed by atoms with Gasteiger partial charge in [0.1, 0.15) is 5.75 Å². The highest BCUT2D eigenvalue weighted by Gasteiger charge is 2.37. The molecule has 0 spiro atoms. The van der Waals surface area contributed by atoms with Crippen LogP contribution in [0, 0.1) is 0 Å². The number of benzene rings is 1. The highest BCUT2D eigenvalue weighted by molar-refractivity contribution is 6.22. The smallest absolute Gasteiger partial charge is 0.305 e. The Morgan fingerprint density at radius 3 is 2.67 bits per heavy atom. The van der Waals surface area contributed by atoms with Gasteiger partial charge >= 0.3 is 5.97 Å². The van der Waals surface area contributed by atoms with Crippen LogP contribution in [-0.2, 0) is 4.79 Å². The van der Waals surface area contributed by atoms with E-state index in [0.717, 1.165) is 4.90 Å². The molecule has 2 rings (SSSR count). The first-order valence-electron chi connectivity index (χ1n) is 5.31. The monoisotopic (exact) mass is 249 g/mol. The van der Waals surface area contributed by atoms with E-state index in [-0.39, 0.29) is 24.1 Å². The highest BCUT2D eigenvalue weighted by Crippen LogP contribution is 2.30.